The fourth-order valence-electron chi connectivity index (χ4n) is 5.43. The van der Waals surface area contributed by atoms with Crippen molar-refractivity contribution in [2.24, 2.45) is 5.41 Å². The SMILES string of the molecule is COc1cc2c(cc1OC)C(c1ccccc1)N(CC1CC3(CCC3)C(=O)O1)CC2. The summed E-state index contributed by atoms with van der Waals surface area (Å²) in [4.78, 5) is 14.9. The highest BCUT2D eigenvalue weighted by Crippen LogP contribution is 2.51. The van der Waals surface area contributed by atoms with Crippen molar-refractivity contribution in [3.8, 4) is 11.5 Å². The monoisotopic (exact) mass is 407 g/mol. The van der Waals surface area contributed by atoms with Gasteiger partial charge in [-0.25, -0.2) is 0 Å². The Labute approximate surface area is 177 Å². The molecule has 2 unspecified atom stereocenters. The second kappa shape index (κ2) is 7.62. The molecule has 158 valence electrons. The van der Waals surface area contributed by atoms with Crippen LogP contribution >= 0.6 is 0 Å². The fraction of sp³-hybridized carbons (Fsp3) is 0.480. The topological polar surface area (TPSA) is 48.0 Å². The molecule has 0 radical (unpaired) electrons. The molecule has 0 aromatic heterocycles. The van der Waals surface area contributed by atoms with Gasteiger partial charge in [0.1, 0.15) is 6.10 Å². The summed E-state index contributed by atoms with van der Waals surface area (Å²) in [5.41, 5.74) is 3.59. The second-order valence-corrected chi connectivity index (χ2v) is 8.83. The van der Waals surface area contributed by atoms with Crippen LogP contribution in [0.2, 0.25) is 0 Å². The minimum Gasteiger partial charge on any atom is -0.493 e. The van der Waals surface area contributed by atoms with Gasteiger partial charge in [-0.05, 0) is 48.1 Å². The minimum absolute atomic E-state index is 0.0225. The van der Waals surface area contributed by atoms with Gasteiger partial charge in [-0.15, -0.1) is 0 Å². The molecular weight excluding hydrogens is 378 g/mol. The quantitative estimate of drug-likeness (QED) is 0.698. The number of nitrogens with zero attached hydrogens (tertiary/aromatic N) is 1. The summed E-state index contributed by atoms with van der Waals surface area (Å²) in [6, 6.07) is 14.9. The zero-order valence-electron chi connectivity index (χ0n) is 17.7. The van der Waals surface area contributed by atoms with Crippen LogP contribution in [-0.4, -0.2) is 44.3 Å². The van der Waals surface area contributed by atoms with Crippen molar-refractivity contribution in [1.29, 1.82) is 0 Å². The number of carbonyl (C=O) groups is 1. The van der Waals surface area contributed by atoms with E-state index in [9.17, 15) is 4.79 Å². The maximum absolute atomic E-state index is 12.5. The van der Waals surface area contributed by atoms with Gasteiger partial charge >= 0.3 is 5.97 Å². The highest BCUT2D eigenvalue weighted by molar-refractivity contribution is 5.80. The smallest absolute Gasteiger partial charge is 0.312 e. The third-order valence-electron chi connectivity index (χ3n) is 7.16. The third kappa shape index (κ3) is 3.16. The van der Waals surface area contributed by atoms with E-state index in [0.717, 1.165) is 56.7 Å². The van der Waals surface area contributed by atoms with E-state index in [0.29, 0.717) is 0 Å². The molecule has 1 saturated carbocycles. The first-order valence-corrected chi connectivity index (χ1v) is 10.9. The number of esters is 1. The number of cyclic esters (lactones) is 1. The zero-order chi connectivity index (χ0) is 20.7. The highest BCUT2D eigenvalue weighted by atomic mass is 16.6. The number of benzene rings is 2. The Morgan fingerprint density at radius 2 is 1.83 bits per heavy atom. The number of hydrogen-bond donors (Lipinski definition) is 0. The first kappa shape index (κ1) is 19.4. The average molecular weight is 408 g/mol. The van der Waals surface area contributed by atoms with Gasteiger partial charge in [-0.3, -0.25) is 9.69 Å². The van der Waals surface area contributed by atoms with Gasteiger partial charge in [0.15, 0.2) is 11.5 Å². The molecule has 2 heterocycles. The summed E-state index contributed by atoms with van der Waals surface area (Å²) in [5, 5.41) is 0. The van der Waals surface area contributed by atoms with Gasteiger partial charge in [-0.2, -0.15) is 0 Å². The van der Waals surface area contributed by atoms with Crippen molar-refractivity contribution in [1.82, 2.24) is 4.90 Å². The van der Waals surface area contributed by atoms with Crippen LogP contribution in [0.5, 0.6) is 11.5 Å². The Balaban J connectivity index is 1.48. The van der Waals surface area contributed by atoms with Crippen LogP contribution < -0.4 is 9.47 Å². The summed E-state index contributed by atoms with van der Waals surface area (Å²) < 4.78 is 17.0. The molecule has 2 atom stereocenters. The molecule has 3 aliphatic rings. The molecule has 5 nitrogen and oxygen atoms in total. The Morgan fingerprint density at radius 1 is 1.10 bits per heavy atom. The number of fused-ring (bicyclic) bond motifs is 1. The lowest BCUT2D eigenvalue weighted by atomic mass is 9.67. The molecule has 2 aromatic rings. The van der Waals surface area contributed by atoms with Crippen molar-refractivity contribution in [2.75, 3.05) is 27.3 Å². The lowest BCUT2D eigenvalue weighted by Gasteiger charge is -2.39. The number of carbonyl (C=O) groups excluding carboxylic acids is 1. The average Bonchev–Trinajstić information content (AvgIpc) is 3.09. The molecule has 1 saturated heterocycles. The van der Waals surface area contributed by atoms with Crippen molar-refractivity contribution >= 4 is 5.97 Å². The molecule has 30 heavy (non-hydrogen) atoms. The third-order valence-corrected chi connectivity index (χ3v) is 7.16. The van der Waals surface area contributed by atoms with Crippen LogP contribution in [0.25, 0.3) is 0 Å². The second-order valence-electron chi connectivity index (χ2n) is 8.83. The Kier molecular flexibility index (Phi) is 4.94. The normalized spacial score (nSPS) is 24.8. The molecule has 1 spiro atoms. The van der Waals surface area contributed by atoms with E-state index in [2.05, 4.69) is 41.3 Å². The molecule has 0 bridgehead atoms. The van der Waals surface area contributed by atoms with Gasteiger partial charge < -0.3 is 14.2 Å². The number of ether oxygens (including phenoxy) is 3. The van der Waals surface area contributed by atoms with Crippen molar-refractivity contribution in [2.45, 2.75) is 44.2 Å². The first-order valence-electron chi connectivity index (χ1n) is 10.9. The first-order chi connectivity index (χ1) is 14.6. The van der Waals surface area contributed by atoms with E-state index in [-0.39, 0.29) is 23.5 Å². The number of rotatable bonds is 5. The van der Waals surface area contributed by atoms with Crippen LogP contribution in [0.1, 0.15) is 48.4 Å². The van der Waals surface area contributed by atoms with Crippen LogP contribution in [0, 0.1) is 5.41 Å². The number of methoxy groups -OCH3 is 2. The molecule has 0 N–H and O–H groups in total. The van der Waals surface area contributed by atoms with E-state index < -0.39 is 0 Å². The van der Waals surface area contributed by atoms with E-state index in [1.165, 1.54) is 16.7 Å². The molecule has 0 amide bonds. The van der Waals surface area contributed by atoms with Gasteiger partial charge in [0.2, 0.25) is 0 Å². The minimum atomic E-state index is -0.183. The molecule has 1 aliphatic carbocycles. The van der Waals surface area contributed by atoms with E-state index in [4.69, 9.17) is 14.2 Å². The number of hydrogen-bond acceptors (Lipinski definition) is 5. The van der Waals surface area contributed by atoms with Gasteiger partial charge in [-0.1, -0.05) is 36.8 Å². The van der Waals surface area contributed by atoms with Crippen LogP contribution in [0.15, 0.2) is 42.5 Å². The van der Waals surface area contributed by atoms with E-state index in [1.807, 2.05) is 6.07 Å². The summed E-state index contributed by atoms with van der Waals surface area (Å²) in [7, 11) is 3.36. The van der Waals surface area contributed by atoms with Gasteiger partial charge in [0.25, 0.3) is 0 Å². The van der Waals surface area contributed by atoms with E-state index >= 15 is 0 Å². The largest absolute Gasteiger partial charge is 0.493 e. The van der Waals surface area contributed by atoms with Crippen LogP contribution in [0.4, 0.5) is 0 Å². The summed E-state index contributed by atoms with van der Waals surface area (Å²) in [5.74, 6) is 1.55. The lowest BCUT2D eigenvalue weighted by Crippen LogP contribution is -2.41. The van der Waals surface area contributed by atoms with Crippen LogP contribution in [-0.2, 0) is 16.0 Å². The maximum atomic E-state index is 12.5. The summed E-state index contributed by atoms with van der Waals surface area (Å²) in [6.45, 7) is 1.68. The van der Waals surface area contributed by atoms with E-state index in [1.54, 1.807) is 14.2 Å². The molecule has 2 fully saturated rings. The van der Waals surface area contributed by atoms with Crippen LogP contribution in [0.3, 0.4) is 0 Å². The molecule has 2 aromatic carbocycles. The Bertz CT molecular complexity index is 938. The maximum Gasteiger partial charge on any atom is 0.312 e. The molecule has 5 rings (SSSR count). The highest BCUT2D eigenvalue weighted by Gasteiger charge is 2.53. The molecule has 2 aliphatic heterocycles. The molecular formula is C25H29NO4. The fourth-order valence-corrected chi connectivity index (χ4v) is 5.43. The lowest BCUT2D eigenvalue weighted by molar-refractivity contribution is -0.152. The summed E-state index contributed by atoms with van der Waals surface area (Å²) >= 11 is 0. The summed E-state index contributed by atoms with van der Waals surface area (Å²) in [6.07, 6.45) is 4.90. The molecule has 5 heteroatoms. The van der Waals surface area contributed by atoms with Crippen molar-refractivity contribution in [3.63, 3.8) is 0 Å². The Hall–Kier alpha value is -2.53. The predicted molar refractivity (Wildman–Crippen MR) is 114 cm³/mol. The van der Waals surface area contributed by atoms with Crippen molar-refractivity contribution in [3.05, 3.63) is 59.2 Å². The van der Waals surface area contributed by atoms with Crippen molar-refractivity contribution < 1.29 is 19.0 Å². The van der Waals surface area contributed by atoms with Gasteiger partial charge in [0.05, 0.1) is 25.7 Å². The predicted octanol–water partition coefficient (Wildman–Crippen LogP) is 4.14. The Morgan fingerprint density at radius 3 is 2.47 bits per heavy atom. The van der Waals surface area contributed by atoms with Gasteiger partial charge in [0, 0.05) is 19.5 Å². The standard InChI is InChI=1S/C25H29NO4/c1-28-21-13-18-9-12-26(16-19-15-25(10-6-11-25)24(27)30-19)23(17-7-4-3-5-8-17)20(18)14-22(21)29-2/h3-5,7-8,13-14,19,23H,6,9-12,15-16H2,1-2H3. The zero-order valence-corrected chi connectivity index (χ0v) is 17.7.